The largest absolute Gasteiger partial charge is 0.345 e. The number of anilines is 1. The van der Waals surface area contributed by atoms with E-state index in [2.05, 4.69) is 9.97 Å². The third-order valence-electron chi connectivity index (χ3n) is 4.71. The topological polar surface area (TPSA) is 133 Å². The Morgan fingerprint density at radius 2 is 2.00 bits per heavy atom. The van der Waals surface area contributed by atoms with Crippen molar-refractivity contribution in [3.8, 4) is 0 Å². The van der Waals surface area contributed by atoms with Crippen molar-refractivity contribution in [2.75, 3.05) is 4.72 Å². The molecule has 174 valence electrons. The summed E-state index contributed by atoms with van der Waals surface area (Å²) < 4.78 is 56.9. The van der Waals surface area contributed by atoms with Gasteiger partial charge < -0.3 is 10.4 Å². The van der Waals surface area contributed by atoms with Gasteiger partial charge in [-0.05, 0) is 30.3 Å². The zero-order valence-corrected chi connectivity index (χ0v) is 19.2. The first-order valence-corrected chi connectivity index (χ1v) is 12.1. The van der Waals surface area contributed by atoms with Gasteiger partial charge in [-0.25, -0.2) is 22.2 Å². The number of carbonyl (C=O) groups is 2. The van der Waals surface area contributed by atoms with E-state index >= 15 is 4.39 Å². The number of hydrogen-bond donors (Lipinski definition) is 3. The van der Waals surface area contributed by atoms with E-state index in [1.54, 1.807) is 0 Å². The molecule has 4 rings (SSSR count). The highest BCUT2D eigenvalue weighted by atomic mass is 35.5. The van der Waals surface area contributed by atoms with E-state index in [0.29, 0.717) is 11.3 Å². The van der Waals surface area contributed by atoms with Crippen LogP contribution in [0.15, 0.2) is 46.9 Å². The predicted molar refractivity (Wildman–Crippen MR) is 124 cm³/mol. The fourth-order valence-corrected chi connectivity index (χ4v) is 5.61. The molecule has 0 aliphatic carbocycles. The second-order valence-electron chi connectivity index (χ2n) is 6.92. The molecule has 13 heteroatoms. The molecule has 4 aromatic rings. The summed E-state index contributed by atoms with van der Waals surface area (Å²) in [5.41, 5.74) is -1.44. The first-order valence-electron chi connectivity index (χ1n) is 9.42. The Bertz CT molecular complexity index is 1580. The minimum atomic E-state index is -4.36. The molecule has 0 aliphatic rings. The van der Waals surface area contributed by atoms with Crippen molar-refractivity contribution in [2.24, 2.45) is 0 Å². The fraction of sp³-hybridized carbons (Fsp3) is 0.0476. The van der Waals surface area contributed by atoms with Gasteiger partial charge in [0.2, 0.25) is 5.78 Å². The first kappa shape index (κ1) is 23.7. The number of carbonyl (C=O) groups excluding carboxylic acids is 2. The van der Waals surface area contributed by atoms with Gasteiger partial charge in [0.05, 0.1) is 21.2 Å². The standard InChI is InChI=1S/C21H13ClF2N4O4S2/c22-10-7-11-12(9-27-21(11)26-8-10)20(30)18-13(23)1-2-14(19(18)24)28-34(31,32)17-4-3-16(33-17)15(29)5-6-25/h1-4,6-9,25,28H,5H2,(H,26,27). The summed E-state index contributed by atoms with van der Waals surface area (Å²) in [6.45, 7) is 0. The van der Waals surface area contributed by atoms with Crippen molar-refractivity contribution in [1.29, 1.82) is 5.41 Å². The molecule has 3 heterocycles. The summed E-state index contributed by atoms with van der Waals surface area (Å²) in [7, 11) is -4.36. The van der Waals surface area contributed by atoms with E-state index in [9.17, 15) is 22.4 Å². The predicted octanol–water partition coefficient (Wildman–Crippen LogP) is 4.81. The number of sulfonamides is 1. The smallest absolute Gasteiger partial charge is 0.271 e. The lowest BCUT2D eigenvalue weighted by molar-refractivity contribution is 0.100. The van der Waals surface area contributed by atoms with Gasteiger partial charge in [-0.2, -0.15) is 0 Å². The number of thiophene rings is 1. The molecule has 0 unspecified atom stereocenters. The van der Waals surface area contributed by atoms with E-state index in [-0.39, 0.29) is 37.1 Å². The van der Waals surface area contributed by atoms with Crippen molar-refractivity contribution < 1.29 is 26.8 Å². The van der Waals surface area contributed by atoms with Crippen LogP contribution in [0.25, 0.3) is 11.0 Å². The maximum absolute atomic E-state index is 15.2. The van der Waals surface area contributed by atoms with Crippen molar-refractivity contribution in [1.82, 2.24) is 9.97 Å². The number of hydrogen-bond acceptors (Lipinski definition) is 7. The number of aromatic nitrogens is 2. The monoisotopic (exact) mass is 522 g/mol. The summed E-state index contributed by atoms with van der Waals surface area (Å²) in [4.78, 5) is 31.7. The van der Waals surface area contributed by atoms with Crippen molar-refractivity contribution in [3.05, 3.63) is 75.4 Å². The Hall–Kier alpha value is -3.48. The van der Waals surface area contributed by atoms with Crippen LogP contribution in [0.3, 0.4) is 0 Å². The van der Waals surface area contributed by atoms with Gasteiger partial charge in [-0.1, -0.05) is 11.6 Å². The molecule has 0 atom stereocenters. The van der Waals surface area contributed by atoms with Crippen molar-refractivity contribution in [3.63, 3.8) is 0 Å². The third-order valence-corrected chi connectivity index (χ3v) is 7.90. The number of halogens is 3. The van der Waals surface area contributed by atoms with E-state index in [0.717, 1.165) is 24.4 Å². The third kappa shape index (κ3) is 4.34. The Balaban J connectivity index is 1.70. The molecule has 1 aromatic carbocycles. The van der Waals surface area contributed by atoms with Crippen LogP contribution < -0.4 is 4.72 Å². The highest BCUT2D eigenvalue weighted by Gasteiger charge is 2.27. The number of ketones is 2. The molecule has 34 heavy (non-hydrogen) atoms. The second-order valence-corrected chi connectivity index (χ2v) is 10.4. The molecular weight excluding hydrogens is 510 g/mol. The zero-order chi connectivity index (χ0) is 24.6. The van der Waals surface area contributed by atoms with E-state index in [4.69, 9.17) is 17.0 Å². The fourth-order valence-electron chi connectivity index (χ4n) is 3.14. The molecule has 8 nitrogen and oxygen atoms in total. The van der Waals surface area contributed by atoms with Crippen LogP contribution in [-0.4, -0.2) is 36.2 Å². The molecule has 3 N–H and O–H groups in total. The van der Waals surface area contributed by atoms with Gasteiger partial charge >= 0.3 is 0 Å². The first-order chi connectivity index (χ1) is 16.1. The molecule has 0 radical (unpaired) electrons. The van der Waals surface area contributed by atoms with E-state index < -0.39 is 44.5 Å². The summed E-state index contributed by atoms with van der Waals surface area (Å²) in [5, 5.41) is 7.42. The van der Waals surface area contributed by atoms with Crippen LogP contribution in [-0.2, 0) is 10.0 Å². The SMILES string of the molecule is N=CCC(=O)c1ccc(S(=O)(=O)Nc2ccc(F)c(C(=O)c3c[nH]c4ncc(Cl)cc34)c2F)s1. The van der Waals surface area contributed by atoms with Crippen LogP contribution >= 0.6 is 22.9 Å². The van der Waals surface area contributed by atoms with Crippen molar-refractivity contribution >= 4 is 67.5 Å². The lowest BCUT2D eigenvalue weighted by Gasteiger charge is -2.11. The molecule has 0 aliphatic heterocycles. The highest BCUT2D eigenvalue weighted by Crippen LogP contribution is 2.30. The normalized spacial score (nSPS) is 11.5. The van der Waals surface area contributed by atoms with Gasteiger partial charge in [-0.15, -0.1) is 11.3 Å². The Morgan fingerprint density at radius 1 is 1.24 bits per heavy atom. The summed E-state index contributed by atoms with van der Waals surface area (Å²) in [6.07, 6.45) is 3.25. The van der Waals surface area contributed by atoms with Gasteiger partial charge in [0, 0.05) is 36.0 Å². The maximum atomic E-state index is 15.2. The number of nitrogens with zero attached hydrogens (tertiary/aromatic N) is 1. The molecule has 3 aromatic heterocycles. The van der Waals surface area contributed by atoms with Gasteiger partial charge in [0.1, 0.15) is 15.7 Å². The summed E-state index contributed by atoms with van der Waals surface area (Å²) in [6, 6.07) is 5.45. The number of rotatable bonds is 8. The minimum Gasteiger partial charge on any atom is -0.345 e. The average molecular weight is 523 g/mol. The van der Waals surface area contributed by atoms with Crippen molar-refractivity contribution in [2.45, 2.75) is 10.6 Å². The molecule has 0 spiro atoms. The number of Topliss-reactive ketones (excluding diaryl/α,β-unsaturated/α-hetero) is 1. The molecule has 0 amide bonds. The number of aromatic amines is 1. The Kier molecular flexibility index (Phi) is 6.30. The molecule has 0 saturated heterocycles. The lowest BCUT2D eigenvalue weighted by atomic mass is 10.0. The number of benzene rings is 1. The molecule has 0 fully saturated rings. The van der Waals surface area contributed by atoms with Crippen LogP contribution in [0.2, 0.25) is 5.02 Å². The minimum absolute atomic E-state index is 0.101. The average Bonchev–Trinajstić information content (AvgIpc) is 3.44. The van der Waals surface area contributed by atoms with Crippen LogP contribution in [0.4, 0.5) is 14.5 Å². The maximum Gasteiger partial charge on any atom is 0.271 e. The van der Waals surface area contributed by atoms with Gasteiger partial charge in [-0.3, -0.25) is 14.3 Å². The Labute approximate surface area is 200 Å². The lowest BCUT2D eigenvalue weighted by Crippen LogP contribution is -2.15. The van der Waals surface area contributed by atoms with E-state index in [1.165, 1.54) is 24.5 Å². The van der Waals surface area contributed by atoms with Crippen LogP contribution in [0.1, 0.15) is 32.0 Å². The summed E-state index contributed by atoms with van der Waals surface area (Å²) >= 11 is 6.55. The number of H-pyrrole nitrogens is 1. The van der Waals surface area contributed by atoms with Crippen LogP contribution in [0, 0.1) is 17.0 Å². The number of pyridine rings is 1. The van der Waals surface area contributed by atoms with Gasteiger partial charge in [0.25, 0.3) is 10.0 Å². The molecular formula is C21H13ClF2N4O4S2. The highest BCUT2D eigenvalue weighted by molar-refractivity contribution is 7.94. The van der Waals surface area contributed by atoms with Crippen LogP contribution in [0.5, 0.6) is 0 Å². The Morgan fingerprint density at radius 3 is 2.74 bits per heavy atom. The van der Waals surface area contributed by atoms with E-state index in [1.807, 2.05) is 4.72 Å². The summed E-state index contributed by atoms with van der Waals surface area (Å²) in [5.74, 6) is -4.09. The molecule has 0 saturated carbocycles. The molecule has 0 bridgehead atoms. The quantitative estimate of drug-likeness (QED) is 0.225. The number of nitrogens with one attached hydrogen (secondary N) is 3. The number of fused-ring (bicyclic) bond motifs is 1. The van der Waals surface area contributed by atoms with Gasteiger partial charge in [0.15, 0.2) is 11.6 Å². The zero-order valence-electron chi connectivity index (χ0n) is 16.9. The second kappa shape index (κ2) is 9.05.